The average Bonchev–Trinajstić information content (AvgIpc) is 2.94. The molecule has 1 aliphatic heterocycles. The van der Waals surface area contributed by atoms with Gasteiger partial charge in [-0.2, -0.15) is 0 Å². The number of aromatic nitrogens is 1. The molecule has 1 saturated heterocycles. The molecular weight excluding hydrogens is 336 g/mol. The molecule has 0 unspecified atom stereocenters. The fourth-order valence-corrected chi connectivity index (χ4v) is 2.79. The summed E-state index contributed by atoms with van der Waals surface area (Å²) >= 11 is 0. The maximum atomic E-state index is 14.7. The number of fused-ring (bicyclic) bond motifs is 1. The zero-order valence-corrected chi connectivity index (χ0v) is 16.3. The highest BCUT2D eigenvalue weighted by molar-refractivity contribution is 6.62. The number of rotatable bonds is 1. The van der Waals surface area contributed by atoms with Gasteiger partial charge in [0.2, 0.25) is 0 Å². The van der Waals surface area contributed by atoms with Crippen LogP contribution in [0, 0.1) is 5.82 Å². The summed E-state index contributed by atoms with van der Waals surface area (Å²) in [6, 6.07) is 4.66. The van der Waals surface area contributed by atoms with Gasteiger partial charge in [-0.1, -0.05) is 0 Å². The first-order valence-electron chi connectivity index (χ1n) is 8.70. The van der Waals surface area contributed by atoms with Crippen molar-refractivity contribution in [3.63, 3.8) is 0 Å². The third-order valence-corrected chi connectivity index (χ3v) is 4.91. The van der Waals surface area contributed by atoms with Crippen LogP contribution in [0.15, 0.2) is 24.4 Å². The number of benzene rings is 1. The smallest absolute Gasteiger partial charge is 0.443 e. The molecule has 140 valence electrons. The lowest BCUT2D eigenvalue weighted by Gasteiger charge is -2.32. The van der Waals surface area contributed by atoms with Crippen LogP contribution in [-0.2, 0) is 14.0 Å². The number of carbonyl (C=O) groups is 1. The number of halogens is 1. The van der Waals surface area contributed by atoms with Crippen molar-refractivity contribution in [2.45, 2.75) is 65.3 Å². The highest BCUT2D eigenvalue weighted by atomic mass is 19.1. The van der Waals surface area contributed by atoms with Gasteiger partial charge < -0.3 is 14.0 Å². The topological polar surface area (TPSA) is 49.7 Å². The van der Waals surface area contributed by atoms with Gasteiger partial charge in [-0.25, -0.2) is 9.18 Å². The van der Waals surface area contributed by atoms with E-state index in [4.69, 9.17) is 14.0 Å². The summed E-state index contributed by atoms with van der Waals surface area (Å²) in [5.74, 6) is -0.432. The molecule has 5 nitrogen and oxygen atoms in total. The van der Waals surface area contributed by atoms with Crippen molar-refractivity contribution in [1.29, 1.82) is 0 Å². The molecule has 1 aromatic carbocycles. The maximum absolute atomic E-state index is 14.7. The second kappa shape index (κ2) is 5.82. The Morgan fingerprint density at radius 3 is 2.27 bits per heavy atom. The van der Waals surface area contributed by atoms with Crippen LogP contribution < -0.4 is 5.46 Å². The summed E-state index contributed by atoms with van der Waals surface area (Å²) < 4.78 is 33.4. The number of ether oxygens (including phenoxy) is 1. The molecule has 0 bridgehead atoms. The van der Waals surface area contributed by atoms with E-state index in [1.54, 1.807) is 39.1 Å². The predicted molar refractivity (Wildman–Crippen MR) is 99.2 cm³/mol. The second-order valence-electron chi connectivity index (χ2n) is 8.69. The van der Waals surface area contributed by atoms with Crippen molar-refractivity contribution in [2.24, 2.45) is 0 Å². The van der Waals surface area contributed by atoms with Crippen molar-refractivity contribution in [3.8, 4) is 0 Å². The molecule has 1 aliphatic rings. The molecule has 0 amide bonds. The summed E-state index contributed by atoms with van der Waals surface area (Å²) in [5, 5.41) is 0.605. The van der Waals surface area contributed by atoms with Crippen LogP contribution in [-0.4, -0.2) is 34.6 Å². The highest BCUT2D eigenvalue weighted by Gasteiger charge is 2.52. The molecule has 0 aliphatic carbocycles. The van der Waals surface area contributed by atoms with Gasteiger partial charge >= 0.3 is 13.2 Å². The van der Waals surface area contributed by atoms with E-state index in [9.17, 15) is 9.18 Å². The Hall–Kier alpha value is -1.86. The molecule has 0 saturated carbocycles. The lowest BCUT2D eigenvalue weighted by atomic mass is 9.78. The monoisotopic (exact) mass is 361 g/mol. The van der Waals surface area contributed by atoms with E-state index < -0.39 is 35.8 Å². The SMILES string of the molecule is CC(C)(C)OC(=O)n1ccc2cc(F)c(B3OC(C)(C)C(C)(C)O3)cc21. The van der Waals surface area contributed by atoms with Gasteiger partial charge in [-0.15, -0.1) is 0 Å². The zero-order valence-electron chi connectivity index (χ0n) is 16.3. The summed E-state index contributed by atoms with van der Waals surface area (Å²) in [6.45, 7) is 13.0. The van der Waals surface area contributed by atoms with Gasteiger partial charge in [0.25, 0.3) is 0 Å². The zero-order chi connectivity index (χ0) is 19.5. The first-order chi connectivity index (χ1) is 11.8. The summed E-state index contributed by atoms with van der Waals surface area (Å²) in [7, 11) is -0.841. The highest BCUT2D eigenvalue weighted by Crippen LogP contribution is 2.37. The number of hydrogen-bond donors (Lipinski definition) is 0. The Morgan fingerprint density at radius 2 is 1.73 bits per heavy atom. The number of carbonyl (C=O) groups excluding carboxylic acids is 1. The fraction of sp³-hybridized carbons (Fsp3) is 0.526. The van der Waals surface area contributed by atoms with E-state index in [0.29, 0.717) is 10.9 Å². The molecule has 2 heterocycles. The van der Waals surface area contributed by atoms with Crippen molar-refractivity contribution in [3.05, 3.63) is 30.2 Å². The lowest BCUT2D eigenvalue weighted by molar-refractivity contribution is 0.00578. The third kappa shape index (κ3) is 3.26. The van der Waals surface area contributed by atoms with Gasteiger partial charge in [0.05, 0.1) is 16.7 Å². The van der Waals surface area contributed by atoms with Crippen LogP contribution in [0.4, 0.5) is 9.18 Å². The fourth-order valence-electron chi connectivity index (χ4n) is 2.79. The summed E-state index contributed by atoms with van der Waals surface area (Å²) in [5.41, 5.74) is -0.967. The van der Waals surface area contributed by atoms with Crippen LogP contribution >= 0.6 is 0 Å². The molecule has 26 heavy (non-hydrogen) atoms. The Bertz CT molecular complexity index is 850. The van der Waals surface area contributed by atoms with Gasteiger partial charge in [0, 0.05) is 17.0 Å². The van der Waals surface area contributed by atoms with Gasteiger partial charge in [-0.3, -0.25) is 4.57 Å². The van der Waals surface area contributed by atoms with Gasteiger partial charge in [0.15, 0.2) is 0 Å². The van der Waals surface area contributed by atoms with Crippen LogP contribution in [0.1, 0.15) is 48.5 Å². The molecule has 3 rings (SSSR count). The number of nitrogens with zero attached hydrogens (tertiary/aromatic N) is 1. The first kappa shape index (κ1) is 18.9. The van der Waals surface area contributed by atoms with E-state index in [0.717, 1.165) is 0 Å². The van der Waals surface area contributed by atoms with Crippen molar-refractivity contribution in [2.75, 3.05) is 0 Å². The molecule has 7 heteroatoms. The molecule has 0 radical (unpaired) electrons. The Morgan fingerprint density at radius 1 is 1.15 bits per heavy atom. The Balaban J connectivity index is 2.02. The molecule has 1 aromatic heterocycles. The molecule has 0 spiro atoms. The van der Waals surface area contributed by atoms with Crippen molar-refractivity contribution >= 4 is 29.6 Å². The van der Waals surface area contributed by atoms with E-state index in [1.165, 1.54) is 10.6 Å². The summed E-state index contributed by atoms with van der Waals surface area (Å²) in [6.07, 6.45) is 1.06. The molecule has 1 fully saturated rings. The van der Waals surface area contributed by atoms with Crippen molar-refractivity contribution in [1.82, 2.24) is 4.57 Å². The molecule has 2 aromatic rings. The van der Waals surface area contributed by atoms with Crippen LogP contribution in [0.25, 0.3) is 10.9 Å². The first-order valence-corrected chi connectivity index (χ1v) is 8.70. The minimum atomic E-state index is -0.841. The third-order valence-electron chi connectivity index (χ3n) is 4.91. The van der Waals surface area contributed by atoms with E-state index in [1.807, 2.05) is 27.7 Å². The van der Waals surface area contributed by atoms with Crippen LogP contribution in [0.3, 0.4) is 0 Å². The molecular formula is C19H25BFNO4. The minimum Gasteiger partial charge on any atom is -0.443 e. The normalized spacial score (nSPS) is 19.2. The van der Waals surface area contributed by atoms with Gasteiger partial charge in [-0.05, 0) is 66.7 Å². The van der Waals surface area contributed by atoms with Crippen LogP contribution in [0.5, 0.6) is 0 Å². The summed E-state index contributed by atoms with van der Waals surface area (Å²) in [4.78, 5) is 12.4. The minimum absolute atomic E-state index is 0.264. The maximum Gasteiger partial charge on any atom is 0.497 e. The van der Waals surface area contributed by atoms with E-state index in [-0.39, 0.29) is 5.46 Å². The van der Waals surface area contributed by atoms with Gasteiger partial charge in [0.1, 0.15) is 11.4 Å². The average molecular weight is 361 g/mol. The molecule has 0 N–H and O–H groups in total. The largest absolute Gasteiger partial charge is 0.497 e. The molecule has 0 atom stereocenters. The second-order valence-corrected chi connectivity index (χ2v) is 8.69. The van der Waals surface area contributed by atoms with E-state index in [2.05, 4.69) is 0 Å². The quantitative estimate of drug-likeness (QED) is 0.724. The Kier molecular flexibility index (Phi) is 4.24. The standard InChI is InChI=1S/C19H25BFNO4/c1-17(2,3)24-16(23)22-9-8-12-10-14(21)13(11-15(12)22)20-25-18(4,5)19(6,7)26-20/h8-11H,1-7H3. The van der Waals surface area contributed by atoms with E-state index >= 15 is 0 Å². The lowest BCUT2D eigenvalue weighted by Crippen LogP contribution is -2.41. The predicted octanol–water partition coefficient (Wildman–Crippen LogP) is 3.86. The number of hydrogen-bond acceptors (Lipinski definition) is 4. The Labute approximate surface area is 153 Å². The van der Waals surface area contributed by atoms with Crippen LogP contribution in [0.2, 0.25) is 0 Å². The van der Waals surface area contributed by atoms with Crippen molar-refractivity contribution < 1.29 is 23.2 Å².